The van der Waals surface area contributed by atoms with E-state index in [2.05, 4.69) is 5.32 Å². The van der Waals surface area contributed by atoms with E-state index in [0.29, 0.717) is 6.04 Å². The molecule has 0 saturated heterocycles. The minimum absolute atomic E-state index is 0.127. The zero-order chi connectivity index (χ0) is 17.0. The summed E-state index contributed by atoms with van der Waals surface area (Å²) in [5, 5.41) is 3.91. The maximum Gasteiger partial charge on any atom is 0.141 e. The van der Waals surface area contributed by atoms with Crippen molar-refractivity contribution in [3.63, 3.8) is 0 Å². The number of halogens is 2. The van der Waals surface area contributed by atoms with Crippen LogP contribution in [0.3, 0.4) is 0 Å². The van der Waals surface area contributed by atoms with E-state index in [4.69, 9.17) is 16.0 Å². The molecule has 4 aliphatic rings. The Bertz CT molecular complexity index is 758. The number of hydrogen-bond donors (Lipinski definition) is 1. The number of rotatable bonds is 4. The lowest BCUT2D eigenvalue weighted by molar-refractivity contribution is -0.0147. The topological polar surface area (TPSA) is 25.2 Å². The van der Waals surface area contributed by atoms with Crippen LogP contribution in [-0.2, 0) is 6.54 Å². The van der Waals surface area contributed by atoms with Gasteiger partial charge in [-0.1, -0.05) is 11.6 Å². The molecule has 1 heterocycles. The molecule has 0 unspecified atom stereocenters. The molecular weight excluding hydrogens is 337 g/mol. The number of hydrogen-bond acceptors (Lipinski definition) is 2. The van der Waals surface area contributed by atoms with Gasteiger partial charge in [0.05, 0.1) is 11.6 Å². The summed E-state index contributed by atoms with van der Waals surface area (Å²) >= 11 is 5.87. The standard InChI is InChI=1S/C21H23ClFNO/c22-18-10-14(1-3-19(18)23)20-4-2-17(25-20)11-24-21-15-6-12-5-13(8-15)9-16(21)7-12/h1-4,10,12-13,15-16,21,24H,5-9,11H2. The minimum Gasteiger partial charge on any atom is -0.460 e. The monoisotopic (exact) mass is 359 g/mol. The molecule has 2 aromatic rings. The highest BCUT2D eigenvalue weighted by atomic mass is 35.5. The van der Waals surface area contributed by atoms with Gasteiger partial charge in [0, 0.05) is 11.6 Å². The van der Waals surface area contributed by atoms with E-state index in [-0.39, 0.29) is 5.02 Å². The highest BCUT2D eigenvalue weighted by Gasteiger charge is 2.47. The van der Waals surface area contributed by atoms with Crippen molar-refractivity contribution in [2.45, 2.75) is 44.7 Å². The average Bonchev–Trinajstić information content (AvgIpc) is 3.05. The van der Waals surface area contributed by atoms with Crippen molar-refractivity contribution < 1.29 is 8.81 Å². The highest BCUT2D eigenvalue weighted by molar-refractivity contribution is 6.31. The molecule has 1 N–H and O–H groups in total. The Balaban J connectivity index is 1.26. The Morgan fingerprint density at radius 1 is 1.00 bits per heavy atom. The molecule has 6 rings (SSSR count). The Kier molecular flexibility index (Phi) is 3.90. The Hall–Kier alpha value is -1.32. The van der Waals surface area contributed by atoms with Gasteiger partial charge in [0.2, 0.25) is 0 Å². The van der Waals surface area contributed by atoms with Gasteiger partial charge in [-0.3, -0.25) is 0 Å². The van der Waals surface area contributed by atoms with Crippen LogP contribution in [0, 0.1) is 29.5 Å². The Morgan fingerprint density at radius 2 is 1.72 bits per heavy atom. The van der Waals surface area contributed by atoms with Crippen LogP contribution in [0.15, 0.2) is 34.7 Å². The molecule has 4 bridgehead atoms. The SMILES string of the molecule is Fc1ccc(-c2ccc(CNC3C4CC5CC(C4)CC3C5)o2)cc1Cl. The first-order chi connectivity index (χ1) is 12.2. The molecule has 0 amide bonds. The van der Waals surface area contributed by atoms with Crippen LogP contribution in [0.1, 0.15) is 37.9 Å². The molecule has 0 aliphatic heterocycles. The fraction of sp³-hybridized carbons (Fsp3) is 0.524. The third-order valence-corrected chi connectivity index (χ3v) is 6.89. The number of furan rings is 1. The summed E-state index contributed by atoms with van der Waals surface area (Å²) in [5.41, 5.74) is 0.812. The van der Waals surface area contributed by atoms with E-state index in [1.807, 2.05) is 12.1 Å². The van der Waals surface area contributed by atoms with Crippen LogP contribution in [0.5, 0.6) is 0 Å². The second kappa shape index (κ2) is 6.14. The van der Waals surface area contributed by atoms with E-state index in [1.54, 1.807) is 12.1 Å². The average molecular weight is 360 g/mol. The van der Waals surface area contributed by atoms with Gasteiger partial charge in [-0.05, 0) is 86.1 Å². The van der Waals surface area contributed by atoms with Crippen molar-refractivity contribution >= 4 is 11.6 Å². The van der Waals surface area contributed by atoms with Gasteiger partial charge in [-0.15, -0.1) is 0 Å². The molecule has 4 fully saturated rings. The van der Waals surface area contributed by atoms with Gasteiger partial charge in [0.1, 0.15) is 17.3 Å². The number of nitrogens with one attached hydrogen (secondary N) is 1. The predicted octanol–water partition coefficient (Wildman–Crippen LogP) is 5.65. The maximum atomic E-state index is 13.3. The van der Waals surface area contributed by atoms with Crippen molar-refractivity contribution in [3.8, 4) is 11.3 Å². The molecule has 0 atom stereocenters. The first-order valence-corrected chi connectivity index (χ1v) is 9.81. The van der Waals surface area contributed by atoms with Crippen molar-refractivity contribution in [3.05, 3.63) is 46.9 Å². The summed E-state index contributed by atoms with van der Waals surface area (Å²) in [4.78, 5) is 0. The van der Waals surface area contributed by atoms with Crippen molar-refractivity contribution in [1.82, 2.24) is 5.32 Å². The zero-order valence-corrected chi connectivity index (χ0v) is 14.9. The van der Waals surface area contributed by atoms with Gasteiger partial charge in [0.15, 0.2) is 0 Å². The molecule has 25 heavy (non-hydrogen) atoms. The smallest absolute Gasteiger partial charge is 0.141 e. The van der Waals surface area contributed by atoms with E-state index in [0.717, 1.165) is 47.3 Å². The van der Waals surface area contributed by atoms with Crippen molar-refractivity contribution in [2.24, 2.45) is 23.7 Å². The largest absolute Gasteiger partial charge is 0.460 e. The second-order valence-corrected chi connectivity index (χ2v) is 8.64. The van der Waals surface area contributed by atoms with Crippen LogP contribution < -0.4 is 5.32 Å². The van der Waals surface area contributed by atoms with Crippen LogP contribution in [-0.4, -0.2) is 6.04 Å². The van der Waals surface area contributed by atoms with E-state index in [9.17, 15) is 4.39 Å². The lowest BCUT2D eigenvalue weighted by atomic mass is 9.54. The molecule has 132 valence electrons. The fourth-order valence-electron chi connectivity index (χ4n) is 5.75. The van der Waals surface area contributed by atoms with Crippen LogP contribution >= 0.6 is 11.6 Å². The highest BCUT2D eigenvalue weighted by Crippen LogP contribution is 2.53. The molecule has 1 aromatic heterocycles. The summed E-state index contributed by atoms with van der Waals surface area (Å²) in [6.45, 7) is 0.766. The third-order valence-electron chi connectivity index (χ3n) is 6.60. The van der Waals surface area contributed by atoms with Gasteiger partial charge in [-0.25, -0.2) is 4.39 Å². The molecule has 4 heteroatoms. The molecule has 4 aliphatic carbocycles. The van der Waals surface area contributed by atoms with Gasteiger partial charge in [0.25, 0.3) is 0 Å². The quantitative estimate of drug-likeness (QED) is 0.762. The van der Waals surface area contributed by atoms with Gasteiger partial charge >= 0.3 is 0 Å². The van der Waals surface area contributed by atoms with Crippen molar-refractivity contribution in [2.75, 3.05) is 0 Å². The summed E-state index contributed by atoms with van der Waals surface area (Å²) in [6, 6.07) is 9.31. The summed E-state index contributed by atoms with van der Waals surface area (Å²) < 4.78 is 19.3. The lowest BCUT2D eigenvalue weighted by Crippen LogP contribution is -2.54. The molecule has 1 aromatic carbocycles. The van der Waals surface area contributed by atoms with E-state index < -0.39 is 5.82 Å². The predicted molar refractivity (Wildman–Crippen MR) is 96.8 cm³/mol. The molecular formula is C21H23ClFNO. The van der Waals surface area contributed by atoms with Crippen LogP contribution in [0.25, 0.3) is 11.3 Å². The maximum absolute atomic E-state index is 13.3. The first-order valence-electron chi connectivity index (χ1n) is 9.43. The molecule has 4 saturated carbocycles. The van der Waals surface area contributed by atoms with E-state index >= 15 is 0 Å². The van der Waals surface area contributed by atoms with Crippen LogP contribution in [0.4, 0.5) is 4.39 Å². The summed E-state index contributed by atoms with van der Waals surface area (Å²) in [5.74, 6) is 5.00. The minimum atomic E-state index is -0.402. The summed E-state index contributed by atoms with van der Waals surface area (Å²) in [6.07, 6.45) is 7.16. The van der Waals surface area contributed by atoms with E-state index in [1.165, 1.54) is 38.2 Å². The first kappa shape index (κ1) is 15.9. The van der Waals surface area contributed by atoms with Gasteiger partial charge < -0.3 is 9.73 Å². The number of benzene rings is 1. The lowest BCUT2D eigenvalue weighted by Gasteiger charge is -2.54. The second-order valence-electron chi connectivity index (χ2n) is 8.23. The third kappa shape index (κ3) is 2.92. The Morgan fingerprint density at radius 3 is 2.40 bits per heavy atom. The fourth-order valence-corrected chi connectivity index (χ4v) is 5.93. The van der Waals surface area contributed by atoms with Gasteiger partial charge in [-0.2, -0.15) is 0 Å². The summed E-state index contributed by atoms with van der Waals surface area (Å²) in [7, 11) is 0. The molecule has 2 nitrogen and oxygen atoms in total. The molecule has 0 spiro atoms. The molecule has 0 radical (unpaired) electrons. The normalized spacial score (nSPS) is 33.1. The van der Waals surface area contributed by atoms with Crippen molar-refractivity contribution in [1.29, 1.82) is 0 Å². The Labute approximate surface area is 152 Å². The van der Waals surface area contributed by atoms with Crippen LogP contribution in [0.2, 0.25) is 5.02 Å². The zero-order valence-electron chi connectivity index (χ0n) is 14.2.